The molecule has 0 aromatic heterocycles. The van der Waals surface area contributed by atoms with Gasteiger partial charge in [0, 0.05) is 24.5 Å². The molecule has 6 rings (SSSR count). The van der Waals surface area contributed by atoms with Crippen molar-refractivity contribution in [2.75, 3.05) is 36.1 Å². The van der Waals surface area contributed by atoms with Crippen LogP contribution in [0, 0.1) is 11.8 Å². The predicted octanol–water partition coefficient (Wildman–Crippen LogP) is 5.12. The third-order valence-electron chi connectivity index (χ3n) is 9.99. The SMILES string of the molecule is C=CCN(C(=O)C1N([C@@H](CC)CO)C(=O)[C@@H]2[C@@H](C(=O)N(CC=C)c3ccc(OCC)cc3)[C@H]3CCC12O3)c1ccc2ccccc2c1. The van der Waals surface area contributed by atoms with Crippen LogP contribution in [0.25, 0.3) is 10.8 Å². The first-order valence-electron chi connectivity index (χ1n) is 16.5. The highest BCUT2D eigenvalue weighted by Crippen LogP contribution is 2.59. The van der Waals surface area contributed by atoms with Crippen LogP contribution in [-0.4, -0.2) is 77.8 Å². The van der Waals surface area contributed by atoms with Gasteiger partial charge in [0.2, 0.25) is 11.8 Å². The number of fused-ring (bicyclic) bond motifs is 2. The smallest absolute Gasteiger partial charge is 0.253 e. The first kappa shape index (κ1) is 32.5. The van der Waals surface area contributed by atoms with E-state index in [1.54, 1.807) is 22.0 Å². The van der Waals surface area contributed by atoms with Crippen LogP contribution in [0.15, 0.2) is 92.0 Å². The molecule has 3 aliphatic heterocycles. The summed E-state index contributed by atoms with van der Waals surface area (Å²) in [4.78, 5) is 48.9. The number of carbonyl (C=O) groups is 3. The Bertz CT molecular complexity index is 1670. The third-order valence-corrected chi connectivity index (χ3v) is 9.99. The normalized spacial score (nSPS) is 25.0. The van der Waals surface area contributed by atoms with Gasteiger partial charge in [-0.05, 0) is 73.4 Å². The maximum Gasteiger partial charge on any atom is 0.253 e. The highest BCUT2D eigenvalue weighted by molar-refractivity contribution is 6.07. The Balaban J connectivity index is 1.40. The first-order chi connectivity index (χ1) is 22.8. The van der Waals surface area contributed by atoms with E-state index in [0.29, 0.717) is 43.0 Å². The fourth-order valence-corrected chi connectivity index (χ4v) is 7.92. The van der Waals surface area contributed by atoms with Crippen molar-refractivity contribution in [1.82, 2.24) is 4.90 Å². The second-order valence-corrected chi connectivity index (χ2v) is 12.5. The Labute approximate surface area is 276 Å². The van der Waals surface area contributed by atoms with Crippen LogP contribution in [0.3, 0.4) is 0 Å². The van der Waals surface area contributed by atoms with Gasteiger partial charge in [0.15, 0.2) is 0 Å². The molecule has 3 aromatic carbocycles. The Morgan fingerprint density at radius 2 is 1.66 bits per heavy atom. The Hall–Kier alpha value is -4.47. The molecule has 3 saturated heterocycles. The molecule has 246 valence electrons. The number of hydrogen-bond acceptors (Lipinski definition) is 6. The molecule has 9 nitrogen and oxygen atoms in total. The lowest BCUT2D eigenvalue weighted by atomic mass is 9.70. The van der Waals surface area contributed by atoms with Gasteiger partial charge in [-0.3, -0.25) is 14.4 Å². The maximum atomic E-state index is 14.9. The summed E-state index contributed by atoms with van der Waals surface area (Å²) in [7, 11) is 0. The number of ether oxygens (including phenoxy) is 2. The molecule has 0 radical (unpaired) electrons. The molecule has 3 heterocycles. The number of carbonyl (C=O) groups excluding carboxylic acids is 3. The van der Waals surface area contributed by atoms with Gasteiger partial charge >= 0.3 is 0 Å². The van der Waals surface area contributed by atoms with E-state index < -0.39 is 35.6 Å². The molecular weight excluding hydrogens is 594 g/mol. The van der Waals surface area contributed by atoms with Gasteiger partial charge in [0.05, 0.1) is 37.2 Å². The summed E-state index contributed by atoms with van der Waals surface area (Å²) in [6.07, 6.45) is 4.22. The van der Waals surface area contributed by atoms with Crippen molar-refractivity contribution in [3.63, 3.8) is 0 Å². The fourth-order valence-electron chi connectivity index (χ4n) is 7.92. The second-order valence-electron chi connectivity index (χ2n) is 12.5. The number of nitrogens with zero attached hydrogens (tertiary/aromatic N) is 3. The van der Waals surface area contributed by atoms with Crippen LogP contribution in [-0.2, 0) is 19.1 Å². The van der Waals surface area contributed by atoms with Gasteiger partial charge in [0.1, 0.15) is 17.4 Å². The number of rotatable bonds is 13. The van der Waals surface area contributed by atoms with Gasteiger partial charge in [-0.1, -0.05) is 49.4 Å². The average Bonchev–Trinajstić information content (AvgIpc) is 3.74. The Morgan fingerprint density at radius 3 is 2.30 bits per heavy atom. The van der Waals surface area contributed by atoms with E-state index in [9.17, 15) is 19.5 Å². The minimum absolute atomic E-state index is 0.211. The maximum absolute atomic E-state index is 14.9. The van der Waals surface area contributed by atoms with Gasteiger partial charge in [-0.2, -0.15) is 0 Å². The number of hydrogen-bond donors (Lipinski definition) is 1. The number of aliphatic hydroxyl groups excluding tert-OH is 1. The summed E-state index contributed by atoms with van der Waals surface area (Å²) >= 11 is 0. The van der Waals surface area contributed by atoms with E-state index in [-0.39, 0.29) is 37.4 Å². The van der Waals surface area contributed by atoms with Crippen LogP contribution < -0.4 is 14.5 Å². The molecule has 2 unspecified atom stereocenters. The Morgan fingerprint density at radius 1 is 1.00 bits per heavy atom. The van der Waals surface area contributed by atoms with E-state index in [4.69, 9.17) is 9.47 Å². The molecular formula is C38H43N3O6. The first-order valence-corrected chi connectivity index (χ1v) is 16.5. The lowest BCUT2D eigenvalue weighted by molar-refractivity contribution is -0.144. The predicted molar refractivity (Wildman–Crippen MR) is 182 cm³/mol. The molecule has 1 N–H and O–H groups in total. The minimum Gasteiger partial charge on any atom is -0.494 e. The van der Waals surface area contributed by atoms with E-state index >= 15 is 0 Å². The Kier molecular flexibility index (Phi) is 9.21. The molecule has 3 fully saturated rings. The lowest BCUT2D eigenvalue weighted by Gasteiger charge is -2.39. The van der Waals surface area contributed by atoms with E-state index in [0.717, 1.165) is 10.8 Å². The highest BCUT2D eigenvalue weighted by atomic mass is 16.5. The summed E-state index contributed by atoms with van der Waals surface area (Å²) < 4.78 is 12.3. The largest absolute Gasteiger partial charge is 0.494 e. The number of anilines is 2. The monoisotopic (exact) mass is 637 g/mol. The van der Waals surface area contributed by atoms with Gasteiger partial charge in [0.25, 0.3) is 5.91 Å². The third kappa shape index (κ3) is 5.41. The molecule has 2 bridgehead atoms. The lowest BCUT2D eigenvalue weighted by Crippen LogP contribution is -2.59. The van der Waals surface area contributed by atoms with Crippen molar-refractivity contribution < 1.29 is 29.0 Å². The van der Waals surface area contributed by atoms with Crippen molar-refractivity contribution in [2.45, 2.75) is 56.9 Å². The van der Waals surface area contributed by atoms with Crippen LogP contribution in [0.1, 0.15) is 33.1 Å². The zero-order valence-corrected chi connectivity index (χ0v) is 27.1. The molecule has 6 atom stereocenters. The summed E-state index contributed by atoms with van der Waals surface area (Å²) in [5.74, 6) is -1.87. The molecule has 3 aromatic rings. The zero-order chi connectivity index (χ0) is 33.3. The highest BCUT2D eigenvalue weighted by Gasteiger charge is 2.75. The van der Waals surface area contributed by atoms with Crippen LogP contribution >= 0.6 is 0 Å². The summed E-state index contributed by atoms with van der Waals surface area (Å²) in [5, 5.41) is 12.5. The van der Waals surface area contributed by atoms with Crippen molar-refractivity contribution in [3.8, 4) is 5.75 Å². The van der Waals surface area contributed by atoms with Crippen LogP contribution in [0.4, 0.5) is 11.4 Å². The van der Waals surface area contributed by atoms with Crippen molar-refractivity contribution in [1.29, 1.82) is 0 Å². The van der Waals surface area contributed by atoms with Crippen molar-refractivity contribution in [2.24, 2.45) is 11.8 Å². The number of benzene rings is 3. The average molecular weight is 638 g/mol. The molecule has 0 saturated carbocycles. The van der Waals surface area contributed by atoms with Gasteiger partial charge in [-0.15, -0.1) is 13.2 Å². The van der Waals surface area contributed by atoms with Crippen LogP contribution in [0.2, 0.25) is 0 Å². The van der Waals surface area contributed by atoms with Crippen molar-refractivity contribution in [3.05, 3.63) is 92.0 Å². The quantitative estimate of drug-likeness (QED) is 0.261. The number of amides is 3. The van der Waals surface area contributed by atoms with E-state index in [1.165, 1.54) is 4.90 Å². The zero-order valence-electron chi connectivity index (χ0n) is 27.1. The molecule has 0 aliphatic carbocycles. The van der Waals surface area contributed by atoms with E-state index in [2.05, 4.69) is 13.2 Å². The minimum atomic E-state index is -1.21. The molecule has 3 amide bonds. The fraction of sp³-hybridized carbons (Fsp3) is 0.395. The van der Waals surface area contributed by atoms with Gasteiger partial charge in [-0.25, -0.2) is 0 Å². The van der Waals surface area contributed by atoms with Crippen molar-refractivity contribution >= 4 is 39.9 Å². The molecule has 47 heavy (non-hydrogen) atoms. The summed E-state index contributed by atoms with van der Waals surface area (Å²) in [5.41, 5.74) is 0.113. The topological polar surface area (TPSA) is 99.6 Å². The summed E-state index contributed by atoms with van der Waals surface area (Å²) in [6.45, 7) is 12.2. The molecule has 1 spiro atoms. The van der Waals surface area contributed by atoms with E-state index in [1.807, 2.05) is 80.6 Å². The molecule has 9 heteroatoms. The number of likely N-dealkylation sites (tertiary alicyclic amines) is 1. The summed E-state index contributed by atoms with van der Waals surface area (Å²) in [6, 6.07) is 19.4. The molecule has 3 aliphatic rings. The standard InChI is InChI=1S/C38H43N3O6/c1-5-21-39(28-15-17-30(18-16-28)46-8-4)35(43)32-31-19-20-38(47-31)33(32)36(44)41(27(7-3)24-42)34(38)37(45)40(22-6-2)29-14-13-25-11-9-10-12-26(25)23-29/h5-6,9-18,23,27,31-34,42H,1-2,7-8,19-22,24H2,3-4H3/t27-,31+,32-,33-,34?,38?/m0/s1. The second kappa shape index (κ2) is 13.3. The number of aliphatic hydroxyl groups is 1. The van der Waals surface area contributed by atoms with Crippen LogP contribution in [0.5, 0.6) is 5.75 Å². The van der Waals surface area contributed by atoms with Gasteiger partial charge < -0.3 is 29.3 Å².